The van der Waals surface area contributed by atoms with Gasteiger partial charge in [-0.25, -0.2) is 9.18 Å². The second-order valence-electron chi connectivity index (χ2n) is 8.33. The minimum Gasteiger partial charge on any atom is -0.348 e. The van der Waals surface area contributed by atoms with E-state index in [1.807, 2.05) is 56.4 Å². The van der Waals surface area contributed by atoms with E-state index in [1.54, 1.807) is 21.9 Å². The van der Waals surface area contributed by atoms with Gasteiger partial charge in [0.25, 0.3) is 0 Å². The van der Waals surface area contributed by atoms with Gasteiger partial charge in [0.05, 0.1) is 6.04 Å². The number of benzene rings is 2. The van der Waals surface area contributed by atoms with E-state index >= 15 is 0 Å². The maximum atomic E-state index is 13.6. The Hall–Kier alpha value is -3.61. The highest BCUT2D eigenvalue weighted by atomic mass is 19.1. The van der Waals surface area contributed by atoms with Crippen molar-refractivity contribution in [3.63, 3.8) is 0 Å². The maximum Gasteiger partial charge on any atom is 0.322 e. The summed E-state index contributed by atoms with van der Waals surface area (Å²) < 4.78 is 15.7. The molecule has 3 aromatic rings. The third-order valence-corrected chi connectivity index (χ3v) is 6.04. The van der Waals surface area contributed by atoms with Crippen molar-refractivity contribution in [2.24, 2.45) is 0 Å². The standard InChI is InChI=1S/C26H29FN4O2/c1-3-14-30(26(33)28-22-8-5-4-7-19(22)2)18-24(32)31-17-16-29-15-6-9-23(29)25(31)20-10-12-21(27)13-11-20/h4-13,15,25H,3,14,16-18H2,1-2H3,(H,28,33)/t25-/m0/s1. The van der Waals surface area contributed by atoms with E-state index in [1.165, 1.54) is 12.1 Å². The predicted molar refractivity (Wildman–Crippen MR) is 126 cm³/mol. The Morgan fingerprint density at radius 3 is 2.55 bits per heavy atom. The molecule has 7 heteroatoms. The summed E-state index contributed by atoms with van der Waals surface area (Å²) in [5.41, 5.74) is 3.52. The van der Waals surface area contributed by atoms with Crippen LogP contribution in [-0.4, -0.2) is 45.9 Å². The van der Waals surface area contributed by atoms with Gasteiger partial charge < -0.3 is 19.7 Å². The zero-order valence-electron chi connectivity index (χ0n) is 19.0. The molecule has 4 rings (SSSR count). The monoisotopic (exact) mass is 448 g/mol. The number of carbonyl (C=O) groups excluding carboxylic acids is 2. The summed E-state index contributed by atoms with van der Waals surface area (Å²) in [7, 11) is 0. The fourth-order valence-corrected chi connectivity index (χ4v) is 4.33. The van der Waals surface area contributed by atoms with E-state index in [0.717, 1.165) is 28.9 Å². The molecule has 6 nitrogen and oxygen atoms in total. The quantitative estimate of drug-likeness (QED) is 0.588. The Labute approximate surface area is 193 Å². The van der Waals surface area contributed by atoms with Crippen LogP contribution in [0.5, 0.6) is 0 Å². The number of halogens is 1. The van der Waals surface area contributed by atoms with Crippen LogP contribution in [0.25, 0.3) is 0 Å². The van der Waals surface area contributed by atoms with Crippen LogP contribution >= 0.6 is 0 Å². The molecule has 1 aromatic heterocycles. The Kier molecular flexibility index (Phi) is 6.77. The maximum absolute atomic E-state index is 13.6. The third kappa shape index (κ3) is 4.92. The Balaban J connectivity index is 1.56. The largest absolute Gasteiger partial charge is 0.348 e. The van der Waals surface area contributed by atoms with Gasteiger partial charge in [-0.1, -0.05) is 37.3 Å². The van der Waals surface area contributed by atoms with Crippen LogP contribution in [0.4, 0.5) is 14.9 Å². The predicted octanol–water partition coefficient (Wildman–Crippen LogP) is 4.81. The number of amides is 3. The van der Waals surface area contributed by atoms with Crippen molar-refractivity contribution in [3.8, 4) is 0 Å². The van der Waals surface area contributed by atoms with Crippen LogP contribution < -0.4 is 5.32 Å². The molecule has 0 unspecified atom stereocenters. The molecule has 3 amide bonds. The molecule has 33 heavy (non-hydrogen) atoms. The number of fused-ring (bicyclic) bond motifs is 1. The zero-order valence-corrected chi connectivity index (χ0v) is 19.0. The van der Waals surface area contributed by atoms with Crippen LogP contribution in [-0.2, 0) is 11.3 Å². The molecule has 2 heterocycles. The summed E-state index contributed by atoms with van der Waals surface area (Å²) in [5, 5.41) is 2.93. The molecule has 0 aliphatic carbocycles. The molecular weight excluding hydrogens is 419 g/mol. The lowest BCUT2D eigenvalue weighted by molar-refractivity contribution is -0.134. The number of aromatic nitrogens is 1. The minimum atomic E-state index is -0.329. The number of hydrogen-bond acceptors (Lipinski definition) is 2. The van der Waals surface area contributed by atoms with Crippen molar-refractivity contribution in [1.29, 1.82) is 0 Å². The van der Waals surface area contributed by atoms with Crippen molar-refractivity contribution in [3.05, 3.63) is 89.5 Å². The summed E-state index contributed by atoms with van der Waals surface area (Å²) in [6.07, 6.45) is 2.73. The van der Waals surface area contributed by atoms with Gasteiger partial charge in [-0.3, -0.25) is 4.79 Å². The molecule has 0 saturated carbocycles. The van der Waals surface area contributed by atoms with Crippen LogP contribution in [0.2, 0.25) is 0 Å². The summed E-state index contributed by atoms with van der Waals surface area (Å²) >= 11 is 0. The van der Waals surface area contributed by atoms with Gasteiger partial charge in [-0.2, -0.15) is 0 Å². The zero-order chi connectivity index (χ0) is 23.4. The first-order valence-electron chi connectivity index (χ1n) is 11.3. The lowest BCUT2D eigenvalue weighted by Crippen LogP contribution is -2.48. The topological polar surface area (TPSA) is 57.6 Å². The number of anilines is 1. The van der Waals surface area contributed by atoms with Gasteiger partial charge in [0.2, 0.25) is 5.91 Å². The van der Waals surface area contributed by atoms with E-state index in [2.05, 4.69) is 9.88 Å². The molecule has 0 fully saturated rings. The number of hydrogen-bond donors (Lipinski definition) is 1. The first-order valence-corrected chi connectivity index (χ1v) is 11.3. The molecule has 2 aromatic carbocycles. The lowest BCUT2D eigenvalue weighted by atomic mass is 9.99. The summed E-state index contributed by atoms with van der Waals surface area (Å²) in [6, 6.07) is 17.2. The fourth-order valence-electron chi connectivity index (χ4n) is 4.33. The van der Waals surface area contributed by atoms with Crippen molar-refractivity contribution in [2.75, 3.05) is 25.0 Å². The van der Waals surface area contributed by atoms with Crippen molar-refractivity contribution in [1.82, 2.24) is 14.4 Å². The molecule has 1 N–H and O–H groups in total. The molecule has 0 radical (unpaired) electrons. The van der Waals surface area contributed by atoms with Crippen LogP contribution in [0.15, 0.2) is 66.9 Å². The number of rotatable bonds is 6. The number of carbonyl (C=O) groups is 2. The van der Waals surface area contributed by atoms with Gasteiger partial charge in [-0.15, -0.1) is 0 Å². The number of nitrogens with one attached hydrogen (secondary N) is 1. The Bertz CT molecular complexity index is 1130. The summed E-state index contributed by atoms with van der Waals surface area (Å²) in [5.74, 6) is -0.449. The molecule has 0 bridgehead atoms. The van der Waals surface area contributed by atoms with Gasteiger partial charge in [0.15, 0.2) is 0 Å². The van der Waals surface area contributed by atoms with Gasteiger partial charge in [0, 0.05) is 37.2 Å². The first kappa shape index (κ1) is 22.6. The molecule has 0 spiro atoms. The van der Waals surface area contributed by atoms with Gasteiger partial charge in [0.1, 0.15) is 12.4 Å². The van der Waals surface area contributed by atoms with E-state index in [4.69, 9.17) is 0 Å². The molecular formula is C26H29FN4O2. The van der Waals surface area contributed by atoms with Crippen molar-refractivity contribution < 1.29 is 14.0 Å². The third-order valence-electron chi connectivity index (χ3n) is 6.04. The lowest BCUT2D eigenvalue weighted by Gasteiger charge is -2.38. The highest BCUT2D eigenvalue weighted by Gasteiger charge is 2.33. The van der Waals surface area contributed by atoms with Gasteiger partial charge in [-0.05, 0) is 54.8 Å². The highest BCUT2D eigenvalue weighted by molar-refractivity contribution is 5.93. The molecule has 1 atom stereocenters. The van der Waals surface area contributed by atoms with Crippen LogP contribution in [0, 0.1) is 12.7 Å². The van der Waals surface area contributed by atoms with Crippen molar-refractivity contribution >= 4 is 17.6 Å². The number of aryl methyl sites for hydroxylation is 1. The second kappa shape index (κ2) is 9.90. The Morgan fingerprint density at radius 2 is 1.82 bits per heavy atom. The minimum absolute atomic E-state index is 0.0239. The first-order chi connectivity index (χ1) is 16.0. The molecule has 172 valence electrons. The molecule has 0 saturated heterocycles. The molecule has 1 aliphatic heterocycles. The Morgan fingerprint density at radius 1 is 1.06 bits per heavy atom. The van der Waals surface area contributed by atoms with E-state index in [0.29, 0.717) is 19.6 Å². The van der Waals surface area contributed by atoms with E-state index in [-0.39, 0.29) is 30.3 Å². The van der Waals surface area contributed by atoms with E-state index in [9.17, 15) is 14.0 Å². The van der Waals surface area contributed by atoms with E-state index < -0.39 is 0 Å². The average molecular weight is 449 g/mol. The van der Waals surface area contributed by atoms with Crippen LogP contribution in [0.1, 0.15) is 36.2 Å². The molecule has 1 aliphatic rings. The smallest absolute Gasteiger partial charge is 0.322 e. The number of para-hydroxylation sites is 1. The normalized spacial score (nSPS) is 15.1. The second-order valence-corrected chi connectivity index (χ2v) is 8.33. The fraction of sp³-hybridized carbons (Fsp3) is 0.308. The SMILES string of the molecule is CCCN(CC(=O)N1CCn2cccc2[C@@H]1c1ccc(F)cc1)C(=O)Nc1ccccc1C. The van der Waals surface area contributed by atoms with Crippen molar-refractivity contribution in [2.45, 2.75) is 32.9 Å². The average Bonchev–Trinajstić information content (AvgIpc) is 3.29. The van der Waals surface area contributed by atoms with Gasteiger partial charge >= 0.3 is 6.03 Å². The highest BCUT2D eigenvalue weighted by Crippen LogP contribution is 2.32. The van der Waals surface area contributed by atoms with Crippen LogP contribution in [0.3, 0.4) is 0 Å². The summed E-state index contributed by atoms with van der Waals surface area (Å²) in [6.45, 7) is 5.55. The summed E-state index contributed by atoms with van der Waals surface area (Å²) in [4.78, 5) is 29.9. The number of nitrogens with zero attached hydrogens (tertiary/aromatic N) is 3. The number of urea groups is 1.